The van der Waals surface area contributed by atoms with Crippen LogP contribution in [0, 0.1) is 43.2 Å². The average molecular weight is 994 g/mol. The summed E-state index contributed by atoms with van der Waals surface area (Å²) in [6.07, 6.45) is 0. The molecule has 2 aliphatic heterocycles. The van der Waals surface area contributed by atoms with Gasteiger partial charge in [-0.1, -0.05) is 121 Å². The summed E-state index contributed by atoms with van der Waals surface area (Å²) < 4.78 is 6.58. The molecule has 9 aromatic rings. The zero-order valence-electron chi connectivity index (χ0n) is 32.6. The predicted octanol–water partition coefficient (Wildman–Crippen LogP) is 14.5. The van der Waals surface area contributed by atoms with Crippen LogP contribution in [0.4, 0.5) is 51.2 Å². The Hall–Kier alpha value is -6.77. The molecule has 60 heavy (non-hydrogen) atoms. The van der Waals surface area contributed by atoms with Gasteiger partial charge in [-0.25, -0.2) is 0 Å². The molecular formula is C55H37N3OU. The number of para-hydroxylation sites is 6. The second kappa shape index (κ2) is 15.8. The topological polar surface area (TPSA) is 19.0 Å². The Kier molecular flexibility index (Phi) is 9.86. The van der Waals surface area contributed by atoms with Gasteiger partial charge in [-0.3, -0.25) is 0 Å². The van der Waals surface area contributed by atoms with Gasteiger partial charge in [0.2, 0.25) is 0 Å². The number of hydrogen-bond donors (Lipinski definition) is 0. The van der Waals surface area contributed by atoms with Crippen molar-refractivity contribution in [3.05, 3.63) is 259 Å². The largest absolute Gasteiger partial charge is 2.00 e. The average Bonchev–Trinajstić information content (AvgIpc) is 3.31. The van der Waals surface area contributed by atoms with Crippen molar-refractivity contribution in [2.24, 2.45) is 0 Å². The van der Waals surface area contributed by atoms with Gasteiger partial charge in [0.25, 0.3) is 0 Å². The van der Waals surface area contributed by atoms with Crippen molar-refractivity contribution in [1.29, 1.82) is 0 Å². The van der Waals surface area contributed by atoms with Crippen molar-refractivity contribution in [3.8, 4) is 11.5 Å². The van der Waals surface area contributed by atoms with Gasteiger partial charge in [-0.2, -0.15) is 42.5 Å². The van der Waals surface area contributed by atoms with Crippen molar-refractivity contribution in [2.75, 3.05) is 14.7 Å². The first-order valence-electron chi connectivity index (χ1n) is 19.9. The van der Waals surface area contributed by atoms with Crippen molar-refractivity contribution in [2.45, 2.75) is 5.41 Å². The molecule has 2 aliphatic rings. The smallest absolute Gasteiger partial charge is 0.457 e. The minimum Gasteiger partial charge on any atom is -0.457 e. The van der Waals surface area contributed by atoms with E-state index in [-0.39, 0.29) is 31.1 Å². The number of benzene rings is 9. The Morgan fingerprint density at radius 1 is 0.417 bits per heavy atom. The number of nitrogens with zero attached hydrogens (tertiary/aromatic N) is 3. The quantitative estimate of drug-likeness (QED) is 0.148. The Labute approximate surface area is 375 Å². The Balaban J connectivity index is 0.00000433. The molecule has 2 heterocycles. The molecule has 11 rings (SSSR count). The van der Waals surface area contributed by atoms with Gasteiger partial charge < -0.3 is 19.4 Å². The van der Waals surface area contributed by atoms with Crippen LogP contribution in [0.3, 0.4) is 0 Å². The molecule has 0 unspecified atom stereocenters. The molecule has 0 N–H and O–H groups in total. The summed E-state index contributed by atoms with van der Waals surface area (Å²) in [4.78, 5) is 6.96. The van der Waals surface area contributed by atoms with Crippen LogP contribution >= 0.6 is 0 Å². The monoisotopic (exact) mass is 993 g/mol. The fraction of sp³-hybridized carbons (Fsp3) is 0.0182. The molecule has 0 saturated heterocycles. The summed E-state index contributed by atoms with van der Waals surface area (Å²) in [6.45, 7) is 0. The van der Waals surface area contributed by atoms with Crippen molar-refractivity contribution < 1.29 is 35.9 Å². The zero-order chi connectivity index (χ0) is 39.2. The molecule has 282 valence electrons. The van der Waals surface area contributed by atoms with Gasteiger partial charge in [0.1, 0.15) is 11.5 Å². The molecule has 0 bridgehead atoms. The van der Waals surface area contributed by atoms with E-state index >= 15 is 0 Å². The fourth-order valence-corrected chi connectivity index (χ4v) is 9.03. The number of rotatable bonds is 7. The van der Waals surface area contributed by atoms with Gasteiger partial charge in [0.15, 0.2) is 0 Å². The van der Waals surface area contributed by atoms with E-state index in [0.717, 1.165) is 79.4 Å². The second-order valence-corrected chi connectivity index (χ2v) is 14.8. The van der Waals surface area contributed by atoms with E-state index in [2.05, 4.69) is 233 Å². The van der Waals surface area contributed by atoms with Crippen LogP contribution in [0.15, 0.2) is 224 Å². The summed E-state index contributed by atoms with van der Waals surface area (Å²) in [5.74, 6) is 1.73. The Morgan fingerprint density at radius 3 is 1.62 bits per heavy atom. The molecule has 0 amide bonds. The number of fused-ring (bicyclic) bond motifs is 4. The molecule has 0 aromatic heterocycles. The van der Waals surface area contributed by atoms with Gasteiger partial charge in [0, 0.05) is 33.9 Å². The molecule has 0 atom stereocenters. The van der Waals surface area contributed by atoms with Crippen molar-refractivity contribution in [1.82, 2.24) is 0 Å². The maximum Gasteiger partial charge on any atom is 2.00 e. The first-order chi connectivity index (χ1) is 29.3. The Bertz CT molecular complexity index is 2840. The van der Waals surface area contributed by atoms with E-state index in [1.54, 1.807) is 0 Å². The molecule has 0 saturated carbocycles. The predicted molar refractivity (Wildman–Crippen MR) is 240 cm³/mol. The molecule has 0 aliphatic carbocycles. The van der Waals surface area contributed by atoms with E-state index in [4.69, 9.17) is 4.74 Å². The van der Waals surface area contributed by atoms with Gasteiger partial charge in [-0.05, 0) is 89.2 Å². The van der Waals surface area contributed by atoms with E-state index in [1.807, 2.05) is 18.2 Å². The van der Waals surface area contributed by atoms with Crippen molar-refractivity contribution in [3.63, 3.8) is 0 Å². The molecule has 4 nitrogen and oxygen atoms in total. The van der Waals surface area contributed by atoms with Gasteiger partial charge >= 0.3 is 31.1 Å². The van der Waals surface area contributed by atoms with Gasteiger partial charge in [0.05, 0.1) is 16.8 Å². The molecule has 0 fully saturated rings. The van der Waals surface area contributed by atoms with E-state index in [9.17, 15) is 0 Å². The van der Waals surface area contributed by atoms with Crippen LogP contribution in [0.1, 0.15) is 22.3 Å². The molecule has 5 heteroatoms. The third kappa shape index (κ3) is 6.13. The normalized spacial score (nSPS) is 13.1. The number of hydrogen-bond acceptors (Lipinski definition) is 4. The third-order valence-electron chi connectivity index (χ3n) is 11.5. The third-order valence-corrected chi connectivity index (χ3v) is 11.5. The zero-order valence-corrected chi connectivity index (χ0v) is 36.8. The summed E-state index contributed by atoms with van der Waals surface area (Å²) >= 11 is 0. The summed E-state index contributed by atoms with van der Waals surface area (Å²) in [6, 6.07) is 86.3. The molecular weight excluding hydrogens is 957 g/mol. The summed E-state index contributed by atoms with van der Waals surface area (Å²) in [5, 5.41) is 0. The van der Waals surface area contributed by atoms with Crippen molar-refractivity contribution >= 4 is 51.2 Å². The van der Waals surface area contributed by atoms with Gasteiger partial charge in [-0.15, -0.1) is 12.1 Å². The first-order valence-corrected chi connectivity index (χ1v) is 19.9. The van der Waals surface area contributed by atoms with Crippen LogP contribution in [0.25, 0.3) is 0 Å². The summed E-state index contributed by atoms with van der Waals surface area (Å²) in [5.41, 5.74) is 13.2. The SMILES string of the molecule is [U+2].[c-]1ccccc1N1c2[c-]cccc2N(c2ccc(C3(c4ccccc4)c4ccccc4Oc4ccccc43)cc2)c2ccc(N(c3ccccc3)c3ccccc3)cc21. The number of ether oxygens (including phenoxy) is 1. The van der Waals surface area contributed by atoms with Crippen LogP contribution in [0.5, 0.6) is 11.5 Å². The Morgan fingerprint density at radius 2 is 0.983 bits per heavy atom. The minimum absolute atomic E-state index is 0. The molecule has 0 radical (unpaired) electrons. The van der Waals surface area contributed by atoms with E-state index in [0.29, 0.717) is 0 Å². The summed E-state index contributed by atoms with van der Waals surface area (Å²) in [7, 11) is 0. The maximum absolute atomic E-state index is 6.58. The van der Waals surface area contributed by atoms with Crippen LogP contribution in [0.2, 0.25) is 0 Å². The molecule has 9 aromatic carbocycles. The fourth-order valence-electron chi connectivity index (χ4n) is 9.03. The van der Waals surface area contributed by atoms with E-state index in [1.165, 1.54) is 5.56 Å². The standard InChI is InChI=1S/C55H37N3O.U/c1-5-19-40(20-6-1)55(47-27-13-17-31-53(47)59-54-32-18-14-28-48(54)55)41-33-35-45(36-34-41)57-49-29-15-16-30-50(49)58(44-25-11-4-12-26-44)52-39-46(37-38-51(52)57)56(42-21-7-2-8-22-42)43-23-9-3-10-24-43;/h1-25,27-29,31-39H;/q-2;+2. The van der Waals surface area contributed by atoms with Crippen LogP contribution in [-0.4, -0.2) is 0 Å². The van der Waals surface area contributed by atoms with E-state index < -0.39 is 5.41 Å². The second-order valence-electron chi connectivity index (χ2n) is 14.8. The first kappa shape index (κ1) is 37.5. The maximum atomic E-state index is 6.58. The number of anilines is 9. The molecule has 0 spiro atoms. The van der Waals surface area contributed by atoms with Crippen LogP contribution < -0.4 is 19.4 Å². The minimum atomic E-state index is -0.607. The van der Waals surface area contributed by atoms with Crippen LogP contribution in [-0.2, 0) is 5.41 Å².